The van der Waals surface area contributed by atoms with Crippen molar-refractivity contribution in [3.05, 3.63) is 41.5 Å². The van der Waals surface area contributed by atoms with Crippen molar-refractivity contribution in [3.63, 3.8) is 0 Å². The fourth-order valence-corrected chi connectivity index (χ4v) is 1.73. The summed E-state index contributed by atoms with van der Waals surface area (Å²) >= 11 is 0. The molecule has 1 heterocycles. The molecule has 0 saturated carbocycles. The lowest BCUT2D eigenvalue weighted by molar-refractivity contribution is 0.449. The van der Waals surface area contributed by atoms with Crippen LogP contribution in [-0.4, -0.2) is 9.97 Å². The molecular formula is C12H12F3N5. The van der Waals surface area contributed by atoms with E-state index in [1.807, 2.05) is 6.92 Å². The van der Waals surface area contributed by atoms with Crippen molar-refractivity contribution in [1.29, 1.82) is 0 Å². The number of nitrogen functional groups attached to an aromatic ring is 1. The van der Waals surface area contributed by atoms with Gasteiger partial charge in [-0.25, -0.2) is 29.0 Å². The number of hydrogen-bond donors (Lipinski definition) is 3. The first-order chi connectivity index (χ1) is 9.58. The molecule has 0 aliphatic heterocycles. The van der Waals surface area contributed by atoms with Crippen molar-refractivity contribution in [3.8, 4) is 0 Å². The van der Waals surface area contributed by atoms with Crippen molar-refractivity contribution in [2.75, 3.05) is 10.7 Å². The third-order valence-corrected chi connectivity index (χ3v) is 2.72. The molecule has 2 aromatic rings. The molecule has 1 aromatic heterocycles. The smallest absolute Gasteiger partial charge is 0.196 e. The van der Waals surface area contributed by atoms with Crippen LogP contribution >= 0.6 is 0 Å². The Balaban J connectivity index is 2.43. The topological polar surface area (TPSA) is 75.9 Å². The molecule has 0 amide bonds. The van der Waals surface area contributed by atoms with Gasteiger partial charge in [0.15, 0.2) is 17.5 Å². The number of rotatable bonds is 4. The molecule has 0 fully saturated rings. The zero-order chi connectivity index (χ0) is 14.7. The monoisotopic (exact) mass is 283 g/mol. The van der Waals surface area contributed by atoms with Gasteiger partial charge in [0.25, 0.3) is 0 Å². The van der Waals surface area contributed by atoms with E-state index in [0.29, 0.717) is 17.8 Å². The van der Waals surface area contributed by atoms with E-state index < -0.39 is 17.5 Å². The number of nitrogens with zero attached hydrogens (tertiary/aromatic N) is 2. The first kappa shape index (κ1) is 14.1. The highest BCUT2D eigenvalue weighted by molar-refractivity contribution is 5.65. The average molecular weight is 283 g/mol. The van der Waals surface area contributed by atoms with Gasteiger partial charge in [-0.05, 0) is 18.6 Å². The first-order valence-corrected chi connectivity index (χ1v) is 5.79. The molecule has 8 heteroatoms. The van der Waals surface area contributed by atoms with Gasteiger partial charge >= 0.3 is 0 Å². The fraction of sp³-hybridized carbons (Fsp3) is 0.167. The van der Waals surface area contributed by atoms with E-state index in [1.165, 1.54) is 6.33 Å². The number of anilines is 3. The minimum absolute atomic E-state index is 0.222. The minimum atomic E-state index is -1.54. The molecule has 0 aliphatic rings. The van der Waals surface area contributed by atoms with E-state index in [0.717, 1.165) is 12.1 Å². The van der Waals surface area contributed by atoms with E-state index in [2.05, 4.69) is 20.7 Å². The van der Waals surface area contributed by atoms with E-state index in [1.54, 1.807) is 0 Å². The quantitative estimate of drug-likeness (QED) is 0.456. The van der Waals surface area contributed by atoms with Gasteiger partial charge in [0.1, 0.15) is 18.0 Å². The number of halogens is 3. The van der Waals surface area contributed by atoms with Crippen molar-refractivity contribution < 1.29 is 13.2 Å². The number of aromatic nitrogens is 2. The molecule has 4 N–H and O–H groups in total. The molecule has 0 aliphatic carbocycles. The normalized spacial score (nSPS) is 10.4. The van der Waals surface area contributed by atoms with Crippen LogP contribution in [0.25, 0.3) is 0 Å². The Morgan fingerprint density at radius 1 is 1.10 bits per heavy atom. The molecule has 0 saturated heterocycles. The van der Waals surface area contributed by atoms with Crippen molar-refractivity contribution in [2.45, 2.75) is 13.3 Å². The maximum absolute atomic E-state index is 13.6. The Bertz CT molecular complexity index is 633. The number of hydrazine groups is 1. The van der Waals surface area contributed by atoms with E-state index in [9.17, 15) is 13.2 Å². The molecule has 20 heavy (non-hydrogen) atoms. The molecule has 106 valence electrons. The van der Waals surface area contributed by atoms with Crippen LogP contribution in [0, 0.1) is 17.5 Å². The Morgan fingerprint density at radius 2 is 1.80 bits per heavy atom. The second-order valence-corrected chi connectivity index (χ2v) is 3.90. The second-order valence-electron chi connectivity index (χ2n) is 3.90. The molecule has 0 atom stereocenters. The molecule has 2 rings (SSSR count). The minimum Gasteiger partial charge on any atom is -0.337 e. The summed E-state index contributed by atoms with van der Waals surface area (Å²) in [4.78, 5) is 7.86. The fourth-order valence-electron chi connectivity index (χ4n) is 1.73. The zero-order valence-corrected chi connectivity index (χ0v) is 10.5. The highest BCUT2D eigenvalue weighted by Crippen LogP contribution is 2.26. The summed E-state index contributed by atoms with van der Waals surface area (Å²) in [6.07, 6.45) is 1.72. The van der Waals surface area contributed by atoms with Crippen molar-refractivity contribution in [2.24, 2.45) is 5.84 Å². The van der Waals surface area contributed by atoms with Crippen LogP contribution in [0.5, 0.6) is 0 Å². The molecule has 0 spiro atoms. The maximum Gasteiger partial charge on any atom is 0.196 e. The molecule has 0 radical (unpaired) electrons. The van der Waals surface area contributed by atoms with Crippen LogP contribution in [0.3, 0.4) is 0 Å². The van der Waals surface area contributed by atoms with Crippen LogP contribution in [0.15, 0.2) is 18.5 Å². The van der Waals surface area contributed by atoms with Crippen LogP contribution in [0.1, 0.15) is 12.5 Å². The Labute approximate surface area is 113 Å². The van der Waals surface area contributed by atoms with Crippen LogP contribution < -0.4 is 16.6 Å². The highest BCUT2D eigenvalue weighted by Gasteiger charge is 2.16. The Hall–Kier alpha value is -2.35. The SMILES string of the molecule is CCc1c(NN)ncnc1Nc1ccc(F)c(F)c1F. The number of hydrogen-bond acceptors (Lipinski definition) is 5. The zero-order valence-electron chi connectivity index (χ0n) is 10.5. The summed E-state index contributed by atoms with van der Waals surface area (Å²) in [6, 6.07) is 1.92. The van der Waals surface area contributed by atoms with Gasteiger partial charge in [0.2, 0.25) is 0 Å². The number of benzene rings is 1. The Kier molecular flexibility index (Phi) is 4.04. The lowest BCUT2D eigenvalue weighted by Crippen LogP contribution is -2.13. The number of nitrogens with one attached hydrogen (secondary N) is 2. The third kappa shape index (κ3) is 2.50. The van der Waals surface area contributed by atoms with E-state index >= 15 is 0 Å². The molecule has 1 aromatic carbocycles. The van der Waals surface area contributed by atoms with Gasteiger partial charge in [-0.1, -0.05) is 6.92 Å². The van der Waals surface area contributed by atoms with Gasteiger partial charge < -0.3 is 10.7 Å². The predicted octanol–water partition coefficient (Wildman–Crippen LogP) is 2.49. The lowest BCUT2D eigenvalue weighted by Gasteiger charge is -2.13. The van der Waals surface area contributed by atoms with Crippen LogP contribution in [0.2, 0.25) is 0 Å². The summed E-state index contributed by atoms with van der Waals surface area (Å²) in [5.41, 5.74) is 2.76. The highest BCUT2D eigenvalue weighted by atomic mass is 19.2. The van der Waals surface area contributed by atoms with Gasteiger partial charge in [-0.3, -0.25) is 0 Å². The van der Waals surface area contributed by atoms with Gasteiger partial charge in [0.05, 0.1) is 5.69 Å². The molecular weight excluding hydrogens is 271 g/mol. The van der Waals surface area contributed by atoms with E-state index in [-0.39, 0.29) is 11.5 Å². The third-order valence-electron chi connectivity index (χ3n) is 2.72. The summed E-state index contributed by atoms with van der Waals surface area (Å²) in [7, 11) is 0. The van der Waals surface area contributed by atoms with E-state index in [4.69, 9.17) is 5.84 Å². The molecule has 0 unspecified atom stereocenters. The summed E-state index contributed by atoms with van der Waals surface area (Å²) in [5, 5.41) is 2.61. The first-order valence-electron chi connectivity index (χ1n) is 5.79. The predicted molar refractivity (Wildman–Crippen MR) is 68.8 cm³/mol. The Morgan fingerprint density at radius 3 is 2.45 bits per heavy atom. The summed E-state index contributed by atoms with van der Waals surface area (Å²) in [6.45, 7) is 1.83. The van der Waals surface area contributed by atoms with Gasteiger partial charge in [-0.2, -0.15) is 0 Å². The van der Waals surface area contributed by atoms with Crippen molar-refractivity contribution in [1.82, 2.24) is 9.97 Å². The maximum atomic E-state index is 13.6. The van der Waals surface area contributed by atoms with Crippen LogP contribution in [-0.2, 0) is 6.42 Å². The second kappa shape index (κ2) is 5.74. The molecule has 5 nitrogen and oxygen atoms in total. The summed E-state index contributed by atoms with van der Waals surface area (Å²) < 4.78 is 39.6. The largest absolute Gasteiger partial charge is 0.337 e. The molecule has 0 bridgehead atoms. The number of nitrogens with two attached hydrogens (primary N) is 1. The summed E-state index contributed by atoms with van der Waals surface area (Å²) in [5.74, 6) is 1.84. The average Bonchev–Trinajstić information content (AvgIpc) is 2.47. The standard InChI is InChI=1S/C12H12F3N5/c1-2-6-11(17-5-18-12(6)20-16)19-8-4-3-7(13)9(14)10(8)15/h3-5H,2,16H2,1H3,(H2,17,18,19,20). The van der Waals surface area contributed by atoms with Crippen LogP contribution in [0.4, 0.5) is 30.5 Å². The van der Waals surface area contributed by atoms with Crippen molar-refractivity contribution >= 4 is 17.3 Å². The lowest BCUT2D eigenvalue weighted by atomic mass is 10.2. The van der Waals surface area contributed by atoms with Gasteiger partial charge in [0, 0.05) is 5.56 Å². The van der Waals surface area contributed by atoms with Gasteiger partial charge in [-0.15, -0.1) is 0 Å².